The number of carbonyl (C=O) groups excluding carboxylic acids is 5. The van der Waals surface area contributed by atoms with Crippen LogP contribution in [-0.4, -0.2) is 118 Å². The number of hydrogen-bond acceptors (Lipinski definition) is 11. The smallest absolute Gasteiger partial charge is 0.326 e. The highest BCUT2D eigenvalue weighted by Crippen LogP contribution is 2.10. The first-order valence-electron chi connectivity index (χ1n) is 18.1. The summed E-state index contributed by atoms with van der Waals surface area (Å²) in [6, 6.07) is -0.000843. The van der Waals surface area contributed by atoms with Crippen LogP contribution in [0.25, 0.3) is 0 Å². The molecule has 1 rings (SSSR count). The summed E-state index contributed by atoms with van der Waals surface area (Å²) >= 11 is 0. The maximum absolute atomic E-state index is 13.8. The van der Waals surface area contributed by atoms with Crippen molar-refractivity contribution in [2.24, 2.45) is 33.8 Å². The topological polar surface area (TPSA) is 374 Å². The molecule has 21 heteroatoms. The van der Waals surface area contributed by atoms with Gasteiger partial charge in [0, 0.05) is 19.4 Å². The van der Waals surface area contributed by atoms with Crippen molar-refractivity contribution >= 4 is 53.4 Å². The molecule has 0 saturated carbocycles. The van der Waals surface area contributed by atoms with Gasteiger partial charge in [-0.3, -0.25) is 38.6 Å². The fourth-order valence-electron chi connectivity index (χ4n) is 5.25. The van der Waals surface area contributed by atoms with Crippen molar-refractivity contribution in [3.8, 4) is 0 Å². The normalized spacial score (nSPS) is 14.1. The van der Waals surface area contributed by atoms with Crippen molar-refractivity contribution in [2.75, 3.05) is 13.1 Å². The second kappa shape index (κ2) is 25.3. The summed E-state index contributed by atoms with van der Waals surface area (Å²) in [4.78, 5) is 106. The molecule has 5 amide bonds. The summed E-state index contributed by atoms with van der Waals surface area (Å²) in [5.74, 6) is -9.43. The van der Waals surface area contributed by atoms with Gasteiger partial charge in [0.15, 0.2) is 5.96 Å². The number of aliphatic carboxylic acids is 3. The van der Waals surface area contributed by atoms with Gasteiger partial charge in [-0.05, 0) is 56.6 Å². The van der Waals surface area contributed by atoms with Gasteiger partial charge in [-0.1, -0.05) is 44.2 Å². The molecule has 0 saturated heterocycles. The summed E-state index contributed by atoms with van der Waals surface area (Å²) in [6.07, 6.45) is -0.924. The quantitative estimate of drug-likeness (QED) is 0.0244. The summed E-state index contributed by atoms with van der Waals surface area (Å²) in [7, 11) is 0. The number of carboxylic acids is 3. The molecule has 0 unspecified atom stereocenters. The number of amides is 5. The van der Waals surface area contributed by atoms with E-state index < -0.39 is 109 Å². The fourth-order valence-corrected chi connectivity index (χ4v) is 5.25. The van der Waals surface area contributed by atoms with Gasteiger partial charge in [0.2, 0.25) is 29.5 Å². The van der Waals surface area contributed by atoms with Crippen molar-refractivity contribution in [3.05, 3.63) is 35.9 Å². The van der Waals surface area contributed by atoms with Crippen LogP contribution in [0.5, 0.6) is 0 Å². The number of unbranched alkanes of at least 4 members (excludes halogenated alkanes) is 1. The summed E-state index contributed by atoms with van der Waals surface area (Å²) < 4.78 is 0. The zero-order valence-electron chi connectivity index (χ0n) is 31.6. The van der Waals surface area contributed by atoms with Gasteiger partial charge >= 0.3 is 17.9 Å². The third-order valence-electron chi connectivity index (χ3n) is 8.32. The molecule has 21 nitrogen and oxygen atoms in total. The molecule has 0 bridgehead atoms. The predicted octanol–water partition coefficient (Wildman–Crippen LogP) is -2.76. The molecular weight excluding hydrogens is 736 g/mol. The molecule has 16 N–H and O–H groups in total. The number of guanidine groups is 1. The van der Waals surface area contributed by atoms with E-state index in [4.69, 9.17) is 28.0 Å². The van der Waals surface area contributed by atoms with E-state index in [1.807, 2.05) is 0 Å². The number of carboxylic acid groups (broad SMARTS) is 3. The highest BCUT2D eigenvalue weighted by molar-refractivity contribution is 5.97. The van der Waals surface area contributed by atoms with Crippen LogP contribution in [0.1, 0.15) is 70.8 Å². The second-order valence-electron chi connectivity index (χ2n) is 13.4. The molecule has 1 aromatic carbocycles. The Kier molecular flexibility index (Phi) is 21.8. The van der Waals surface area contributed by atoms with Gasteiger partial charge in [0.25, 0.3) is 0 Å². The Bertz CT molecular complexity index is 1520. The zero-order chi connectivity index (χ0) is 42.4. The van der Waals surface area contributed by atoms with Gasteiger partial charge in [-0.15, -0.1) is 0 Å². The molecule has 0 aliphatic rings. The first-order chi connectivity index (χ1) is 26.4. The van der Waals surface area contributed by atoms with Gasteiger partial charge in [-0.2, -0.15) is 0 Å². The number of benzene rings is 1. The van der Waals surface area contributed by atoms with E-state index in [0.29, 0.717) is 18.4 Å². The Morgan fingerprint density at radius 1 is 0.661 bits per heavy atom. The monoisotopic (exact) mass is 792 g/mol. The van der Waals surface area contributed by atoms with Crippen LogP contribution in [-0.2, 0) is 44.8 Å². The van der Waals surface area contributed by atoms with E-state index >= 15 is 0 Å². The molecule has 56 heavy (non-hydrogen) atoms. The summed E-state index contributed by atoms with van der Waals surface area (Å²) in [5.41, 5.74) is 22.8. The van der Waals surface area contributed by atoms with E-state index in [1.165, 1.54) is 0 Å². The Morgan fingerprint density at radius 3 is 1.79 bits per heavy atom. The molecule has 0 spiro atoms. The van der Waals surface area contributed by atoms with Crippen molar-refractivity contribution in [2.45, 2.75) is 108 Å². The number of nitrogens with two attached hydrogens (primary N) is 4. The number of hydrogen-bond donors (Lipinski definition) is 12. The highest BCUT2D eigenvalue weighted by Gasteiger charge is 2.34. The average Bonchev–Trinajstić information content (AvgIpc) is 3.12. The third kappa shape index (κ3) is 19.0. The minimum absolute atomic E-state index is 0.0668. The number of rotatable bonds is 27. The Balaban J connectivity index is 3.32. The van der Waals surface area contributed by atoms with Gasteiger partial charge < -0.3 is 64.8 Å². The van der Waals surface area contributed by atoms with Crippen molar-refractivity contribution in [1.29, 1.82) is 0 Å². The van der Waals surface area contributed by atoms with Crippen LogP contribution in [0.3, 0.4) is 0 Å². The minimum atomic E-state index is -1.79. The lowest BCUT2D eigenvalue weighted by Gasteiger charge is -2.28. The van der Waals surface area contributed by atoms with Crippen molar-refractivity contribution < 1.29 is 53.7 Å². The van der Waals surface area contributed by atoms with E-state index in [1.54, 1.807) is 44.2 Å². The van der Waals surface area contributed by atoms with E-state index in [9.17, 15) is 48.6 Å². The molecule has 1 aromatic rings. The summed E-state index contributed by atoms with van der Waals surface area (Å²) in [5, 5.41) is 40.2. The molecule has 0 aromatic heterocycles. The largest absolute Gasteiger partial charge is 0.481 e. The lowest BCUT2D eigenvalue weighted by molar-refractivity contribution is -0.144. The predicted molar refractivity (Wildman–Crippen MR) is 202 cm³/mol. The molecule has 6 atom stereocenters. The maximum atomic E-state index is 13.8. The van der Waals surface area contributed by atoms with Crippen molar-refractivity contribution in [1.82, 2.24) is 26.6 Å². The Hall–Kier alpha value is -5.83. The third-order valence-corrected chi connectivity index (χ3v) is 8.32. The van der Waals surface area contributed by atoms with Crippen molar-refractivity contribution in [3.63, 3.8) is 0 Å². The summed E-state index contributed by atoms with van der Waals surface area (Å²) in [6.45, 7) is 3.76. The molecule has 0 fully saturated rings. The maximum Gasteiger partial charge on any atom is 0.326 e. The molecule has 0 heterocycles. The lowest BCUT2D eigenvalue weighted by Crippen LogP contribution is -2.60. The zero-order valence-corrected chi connectivity index (χ0v) is 31.6. The molecule has 0 aliphatic heterocycles. The number of aliphatic imine (C=N–C) groups is 1. The fraction of sp³-hybridized carbons (Fsp3) is 0.571. The van der Waals surface area contributed by atoms with Crippen LogP contribution >= 0.6 is 0 Å². The van der Waals surface area contributed by atoms with Gasteiger partial charge in [-0.25, -0.2) is 4.79 Å². The SMILES string of the molecule is CC(C)[C@H](NC(=O)[C@@H](N)CCCN=C(N)N)C(=O)N[C@@H](Cc1ccccc1)C(=O)N[C@@H](CC(=O)O)C(=O)N[C@@H](CCCCN)C(=O)N[C@@H](CCC(=O)O)C(=O)O. The standard InChI is InChI=1S/C35H56N10O11/c1-19(2)28(45-29(50)21(37)11-8-16-40-35(38)39)33(54)44-24(17-20-9-4-3-5-10-20)31(52)43-25(18-27(48)49)32(53)41-22(12-6-7-15-36)30(51)42-23(34(55)56)13-14-26(46)47/h3-5,9-10,19,21-25,28H,6-8,11-18,36-37H2,1-2H3,(H,41,53)(H,42,51)(H,43,52)(H,44,54)(H,45,50)(H,46,47)(H,48,49)(H,55,56)(H4,38,39,40)/t21-,22-,23-,24-,25-,28-/m0/s1. The van der Waals surface area contributed by atoms with Gasteiger partial charge in [0.1, 0.15) is 30.2 Å². The van der Waals surface area contributed by atoms with E-state index in [2.05, 4.69) is 31.6 Å². The average molecular weight is 793 g/mol. The van der Waals surface area contributed by atoms with Gasteiger partial charge in [0.05, 0.1) is 12.5 Å². The number of nitrogens with one attached hydrogen (secondary N) is 5. The molecule has 0 radical (unpaired) electrons. The number of nitrogens with zero attached hydrogens (tertiary/aromatic N) is 1. The van der Waals surface area contributed by atoms with Crippen LogP contribution in [0, 0.1) is 5.92 Å². The molecule has 312 valence electrons. The lowest BCUT2D eigenvalue weighted by atomic mass is 10.00. The molecule has 0 aliphatic carbocycles. The second-order valence-corrected chi connectivity index (χ2v) is 13.4. The van der Waals surface area contributed by atoms with Crippen LogP contribution in [0.4, 0.5) is 0 Å². The first-order valence-corrected chi connectivity index (χ1v) is 18.1. The first kappa shape index (κ1) is 48.2. The van der Waals surface area contributed by atoms with Crippen LogP contribution in [0.2, 0.25) is 0 Å². The minimum Gasteiger partial charge on any atom is -0.481 e. The van der Waals surface area contributed by atoms with Crippen LogP contribution < -0.4 is 49.5 Å². The van der Waals surface area contributed by atoms with E-state index in [0.717, 1.165) is 0 Å². The number of carbonyl (C=O) groups is 8. The Morgan fingerprint density at radius 2 is 1.23 bits per heavy atom. The Labute approximate surface area is 324 Å². The molecular formula is C35H56N10O11. The van der Waals surface area contributed by atoms with E-state index in [-0.39, 0.29) is 44.7 Å². The highest BCUT2D eigenvalue weighted by atomic mass is 16.4. The van der Waals surface area contributed by atoms with Crippen LogP contribution in [0.15, 0.2) is 35.3 Å².